The van der Waals surface area contributed by atoms with E-state index in [0.717, 1.165) is 22.6 Å². The van der Waals surface area contributed by atoms with Crippen LogP contribution in [0.5, 0.6) is 0 Å². The zero-order valence-electron chi connectivity index (χ0n) is 15.9. The first-order valence-electron chi connectivity index (χ1n) is 8.83. The van der Waals surface area contributed by atoms with Gasteiger partial charge in [-0.05, 0) is 42.0 Å². The van der Waals surface area contributed by atoms with E-state index in [0.29, 0.717) is 12.2 Å². The lowest BCUT2D eigenvalue weighted by Gasteiger charge is -2.17. The van der Waals surface area contributed by atoms with Crippen LogP contribution in [0.3, 0.4) is 0 Å². The number of nitrogens with zero attached hydrogens (tertiary/aromatic N) is 3. The van der Waals surface area contributed by atoms with E-state index in [1.54, 1.807) is 24.2 Å². The third-order valence-corrected chi connectivity index (χ3v) is 4.26. The molecule has 0 fully saturated rings. The van der Waals surface area contributed by atoms with E-state index < -0.39 is 0 Å². The zero-order chi connectivity index (χ0) is 19.2. The Labute approximate surface area is 160 Å². The van der Waals surface area contributed by atoms with E-state index in [9.17, 15) is 4.79 Å². The van der Waals surface area contributed by atoms with Crippen molar-refractivity contribution in [1.82, 2.24) is 9.88 Å². The Balaban J connectivity index is 1.63. The van der Waals surface area contributed by atoms with Gasteiger partial charge < -0.3 is 15.1 Å². The highest BCUT2D eigenvalue weighted by Crippen LogP contribution is 2.20. The number of hydrogen-bond donors (Lipinski definition) is 1. The summed E-state index contributed by atoms with van der Waals surface area (Å²) in [5.74, 6) is -0.0965. The number of nitrogens with one attached hydrogen (secondary N) is 1. The molecule has 0 saturated heterocycles. The summed E-state index contributed by atoms with van der Waals surface area (Å²) in [4.78, 5) is 20.6. The molecule has 0 aliphatic carbocycles. The molecule has 0 aliphatic rings. The number of rotatable bonds is 6. The molecule has 1 heterocycles. The second-order valence-corrected chi connectivity index (χ2v) is 6.65. The van der Waals surface area contributed by atoms with E-state index >= 15 is 0 Å². The van der Waals surface area contributed by atoms with Crippen LogP contribution in [0, 0.1) is 0 Å². The summed E-state index contributed by atoms with van der Waals surface area (Å²) in [7, 11) is 5.81. The first-order valence-corrected chi connectivity index (χ1v) is 8.83. The van der Waals surface area contributed by atoms with Crippen molar-refractivity contribution in [3.05, 3.63) is 84.2 Å². The van der Waals surface area contributed by atoms with Gasteiger partial charge in [0.15, 0.2) is 0 Å². The van der Waals surface area contributed by atoms with Crippen molar-refractivity contribution in [1.29, 1.82) is 0 Å². The van der Waals surface area contributed by atoms with Gasteiger partial charge in [-0.1, -0.05) is 30.3 Å². The molecular weight excluding hydrogens is 336 g/mol. The van der Waals surface area contributed by atoms with Gasteiger partial charge in [0, 0.05) is 39.1 Å². The molecule has 0 saturated carbocycles. The average molecular weight is 360 g/mol. The summed E-state index contributed by atoms with van der Waals surface area (Å²) >= 11 is 0. The molecule has 0 unspecified atom stereocenters. The maximum atomic E-state index is 12.6. The lowest BCUT2D eigenvalue weighted by molar-refractivity contribution is 0.0779. The molecule has 0 atom stereocenters. The molecule has 5 heteroatoms. The summed E-state index contributed by atoms with van der Waals surface area (Å²) in [5.41, 5.74) is 4.48. The van der Waals surface area contributed by atoms with Crippen molar-refractivity contribution >= 4 is 23.0 Å². The fourth-order valence-electron chi connectivity index (χ4n) is 2.73. The molecule has 1 N–H and O–H groups in total. The molecule has 138 valence electrons. The van der Waals surface area contributed by atoms with Crippen LogP contribution in [0.2, 0.25) is 0 Å². The summed E-state index contributed by atoms with van der Waals surface area (Å²) in [6, 6.07) is 21.7. The van der Waals surface area contributed by atoms with Crippen LogP contribution in [0.4, 0.5) is 17.1 Å². The third kappa shape index (κ3) is 4.85. The first kappa shape index (κ1) is 18.5. The predicted molar refractivity (Wildman–Crippen MR) is 111 cm³/mol. The van der Waals surface area contributed by atoms with E-state index in [2.05, 4.69) is 15.2 Å². The normalized spacial score (nSPS) is 10.3. The van der Waals surface area contributed by atoms with Gasteiger partial charge in [0.05, 0.1) is 11.9 Å². The Morgan fingerprint density at radius 2 is 1.56 bits per heavy atom. The minimum Gasteiger partial charge on any atom is -0.378 e. The molecule has 0 radical (unpaired) electrons. The van der Waals surface area contributed by atoms with Crippen LogP contribution >= 0.6 is 0 Å². The van der Waals surface area contributed by atoms with Crippen molar-refractivity contribution in [2.24, 2.45) is 0 Å². The molecule has 0 bridgehead atoms. The number of carbonyl (C=O) groups excluding carboxylic acids is 1. The number of anilines is 3. The highest BCUT2D eigenvalue weighted by Gasteiger charge is 2.13. The Hall–Kier alpha value is -3.34. The van der Waals surface area contributed by atoms with Gasteiger partial charge in [0.2, 0.25) is 0 Å². The molecule has 27 heavy (non-hydrogen) atoms. The summed E-state index contributed by atoms with van der Waals surface area (Å²) < 4.78 is 0. The highest BCUT2D eigenvalue weighted by molar-refractivity contribution is 5.92. The fourth-order valence-corrected chi connectivity index (χ4v) is 2.73. The van der Waals surface area contributed by atoms with Gasteiger partial charge in [0.1, 0.15) is 5.69 Å². The van der Waals surface area contributed by atoms with E-state index in [-0.39, 0.29) is 5.91 Å². The van der Waals surface area contributed by atoms with Crippen LogP contribution in [0.1, 0.15) is 16.1 Å². The summed E-state index contributed by atoms with van der Waals surface area (Å²) in [6.07, 6.45) is 1.68. The van der Waals surface area contributed by atoms with Crippen molar-refractivity contribution in [2.75, 3.05) is 31.4 Å². The summed E-state index contributed by atoms with van der Waals surface area (Å²) in [5, 5.41) is 3.30. The first-order chi connectivity index (χ1) is 13.0. The van der Waals surface area contributed by atoms with Crippen LogP contribution in [-0.2, 0) is 6.54 Å². The molecule has 1 aromatic heterocycles. The number of carbonyl (C=O) groups is 1. The zero-order valence-corrected chi connectivity index (χ0v) is 15.9. The Kier molecular flexibility index (Phi) is 5.71. The molecule has 3 aromatic rings. The Morgan fingerprint density at radius 1 is 0.889 bits per heavy atom. The molecule has 5 nitrogen and oxygen atoms in total. The van der Waals surface area contributed by atoms with Crippen molar-refractivity contribution < 1.29 is 4.79 Å². The van der Waals surface area contributed by atoms with Gasteiger partial charge in [-0.3, -0.25) is 4.79 Å². The largest absolute Gasteiger partial charge is 0.378 e. The van der Waals surface area contributed by atoms with Gasteiger partial charge >= 0.3 is 0 Å². The third-order valence-electron chi connectivity index (χ3n) is 4.26. The highest BCUT2D eigenvalue weighted by atomic mass is 16.2. The summed E-state index contributed by atoms with van der Waals surface area (Å²) in [6.45, 7) is 0.555. The van der Waals surface area contributed by atoms with Crippen LogP contribution in [0.25, 0.3) is 0 Å². The molecule has 0 spiro atoms. The predicted octanol–water partition coefficient (Wildman–Crippen LogP) is 4.16. The monoisotopic (exact) mass is 360 g/mol. The van der Waals surface area contributed by atoms with Crippen molar-refractivity contribution in [2.45, 2.75) is 6.54 Å². The SMILES string of the molecule is CN(Cc1ccccc1)C(=O)c1ccc(Nc2ccc(N(C)C)cc2)cn1. The fraction of sp³-hybridized carbons (Fsp3) is 0.182. The molecular formula is C22H24N4O. The number of aromatic nitrogens is 1. The number of benzene rings is 2. The van der Waals surface area contributed by atoms with E-state index in [1.165, 1.54) is 0 Å². The number of pyridine rings is 1. The topological polar surface area (TPSA) is 48.5 Å². The maximum absolute atomic E-state index is 12.6. The number of amides is 1. The van der Waals surface area contributed by atoms with Gasteiger partial charge in [0.25, 0.3) is 5.91 Å². The van der Waals surface area contributed by atoms with Crippen LogP contribution in [-0.4, -0.2) is 36.9 Å². The van der Waals surface area contributed by atoms with Crippen molar-refractivity contribution in [3.8, 4) is 0 Å². The standard InChI is InChI=1S/C22H24N4O/c1-25(2)20-12-9-18(10-13-20)24-19-11-14-21(23-15-19)22(27)26(3)16-17-7-5-4-6-8-17/h4-15,24H,16H2,1-3H3. The lowest BCUT2D eigenvalue weighted by atomic mass is 10.2. The second-order valence-electron chi connectivity index (χ2n) is 6.65. The van der Waals surface area contributed by atoms with Gasteiger partial charge in [-0.25, -0.2) is 4.98 Å². The lowest BCUT2D eigenvalue weighted by Crippen LogP contribution is -2.26. The maximum Gasteiger partial charge on any atom is 0.272 e. The molecule has 3 rings (SSSR count). The minimum absolute atomic E-state index is 0.0965. The minimum atomic E-state index is -0.0965. The van der Waals surface area contributed by atoms with Crippen LogP contribution in [0.15, 0.2) is 72.9 Å². The van der Waals surface area contributed by atoms with Crippen LogP contribution < -0.4 is 10.2 Å². The molecule has 2 aromatic carbocycles. The van der Waals surface area contributed by atoms with Gasteiger partial charge in [-0.15, -0.1) is 0 Å². The van der Waals surface area contributed by atoms with Crippen molar-refractivity contribution in [3.63, 3.8) is 0 Å². The average Bonchev–Trinajstić information content (AvgIpc) is 2.69. The molecule has 1 amide bonds. The Morgan fingerprint density at radius 3 is 2.15 bits per heavy atom. The Bertz CT molecular complexity index is 874. The van der Waals surface area contributed by atoms with E-state index in [1.807, 2.05) is 74.8 Å². The quantitative estimate of drug-likeness (QED) is 0.717. The smallest absolute Gasteiger partial charge is 0.272 e. The molecule has 0 aliphatic heterocycles. The van der Waals surface area contributed by atoms with E-state index in [4.69, 9.17) is 0 Å². The second kappa shape index (κ2) is 8.36. The number of hydrogen-bond acceptors (Lipinski definition) is 4. The van der Waals surface area contributed by atoms with Gasteiger partial charge in [-0.2, -0.15) is 0 Å².